The maximum atomic E-state index is 12.1. The number of amides is 1. The summed E-state index contributed by atoms with van der Waals surface area (Å²) in [6, 6.07) is 11.1. The van der Waals surface area contributed by atoms with Gasteiger partial charge in [-0.15, -0.1) is 0 Å². The van der Waals surface area contributed by atoms with Gasteiger partial charge in [0.25, 0.3) is 0 Å². The van der Waals surface area contributed by atoms with Gasteiger partial charge in [0.1, 0.15) is 0 Å². The summed E-state index contributed by atoms with van der Waals surface area (Å²) in [6.45, 7) is 3.90. The molecule has 0 aliphatic heterocycles. The summed E-state index contributed by atoms with van der Waals surface area (Å²) >= 11 is 6.17. The Hall–Kier alpha value is -2.00. The molecule has 3 N–H and O–H groups in total. The van der Waals surface area contributed by atoms with Gasteiger partial charge in [-0.1, -0.05) is 29.8 Å². The Labute approximate surface area is 123 Å². The lowest BCUT2D eigenvalue weighted by atomic mass is 10.1. The van der Waals surface area contributed by atoms with Crippen molar-refractivity contribution in [3.63, 3.8) is 0 Å². The first kappa shape index (κ1) is 14.4. The highest BCUT2D eigenvalue weighted by Gasteiger charge is 2.10. The molecule has 20 heavy (non-hydrogen) atoms. The molecule has 0 saturated carbocycles. The van der Waals surface area contributed by atoms with Crippen molar-refractivity contribution >= 4 is 28.9 Å². The molecule has 0 aliphatic carbocycles. The molecule has 1 amide bonds. The van der Waals surface area contributed by atoms with Gasteiger partial charge in [-0.2, -0.15) is 0 Å². The molecule has 2 rings (SSSR count). The minimum atomic E-state index is -0.0939. The predicted molar refractivity (Wildman–Crippen MR) is 84.1 cm³/mol. The van der Waals surface area contributed by atoms with E-state index in [9.17, 15) is 4.79 Å². The Bertz CT molecular complexity index is 612. The third kappa shape index (κ3) is 3.52. The number of rotatable bonds is 3. The number of aryl methyl sites for hydroxylation is 2. The van der Waals surface area contributed by atoms with Crippen LogP contribution < -0.4 is 11.1 Å². The fourth-order valence-electron chi connectivity index (χ4n) is 2.08. The van der Waals surface area contributed by atoms with Crippen LogP contribution in [0.25, 0.3) is 0 Å². The molecular weight excluding hydrogens is 272 g/mol. The zero-order valence-electron chi connectivity index (χ0n) is 11.5. The zero-order chi connectivity index (χ0) is 14.7. The van der Waals surface area contributed by atoms with Gasteiger partial charge in [-0.05, 0) is 48.7 Å². The van der Waals surface area contributed by atoms with Gasteiger partial charge in [0, 0.05) is 5.69 Å². The van der Waals surface area contributed by atoms with E-state index in [2.05, 4.69) is 5.32 Å². The molecule has 0 atom stereocenters. The van der Waals surface area contributed by atoms with Gasteiger partial charge in [0.15, 0.2) is 0 Å². The second kappa shape index (κ2) is 5.97. The molecule has 0 fully saturated rings. The normalized spacial score (nSPS) is 10.3. The lowest BCUT2D eigenvalue weighted by molar-refractivity contribution is -0.115. The number of nitrogens with two attached hydrogens (primary N) is 1. The Morgan fingerprint density at radius 1 is 1.20 bits per heavy atom. The van der Waals surface area contributed by atoms with Crippen molar-refractivity contribution in [2.24, 2.45) is 0 Å². The molecule has 0 bridgehead atoms. The van der Waals surface area contributed by atoms with E-state index in [0.29, 0.717) is 22.8 Å². The van der Waals surface area contributed by atoms with Crippen molar-refractivity contribution < 1.29 is 4.79 Å². The largest absolute Gasteiger partial charge is 0.399 e. The van der Waals surface area contributed by atoms with Gasteiger partial charge in [-0.25, -0.2) is 0 Å². The lowest BCUT2D eigenvalue weighted by Gasteiger charge is -2.11. The summed E-state index contributed by atoms with van der Waals surface area (Å²) in [5, 5.41) is 3.43. The Morgan fingerprint density at radius 3 is 2.45 bits per heavy atom. The molecular formula is C16H17ClN2O. The Morgan fingerprint density at radius 2 is 1.85 bits per heavy atom. The summed E-state index contributed by atoms with van der Waals surface area (Å²) in [6.07, 6.45) is 0.296. The molecule has 4 heteroatoms. The van der Waals surface area contributed by atoms with Gasteiger partial charge in [0.2, 0.25) is 5.91 Å². The van der Waals surface area contributed by atoms with Gasteiger partial charge in [-0.3, -0.25) is 4.79 Å². The quantitative estimate of drug-likeness (QED) is 0.846. The highest BCUT2D eigenvalue weighted by molar-refractivity contribution is 6.34. The lowest BCUT2D eigenvalue weighted by Crippen LogP contribution is -2.15. The number of halogens is 1. The highest BCUT2D eigenvalue weighted by Crippen LogP contribution is 2.27. The van der Waals surface area contributed by atoms with Crippen molar-refractivity contribution in [2.45, 2.75) is 20.3 Å². The van der Waals surface area contributed by atoms with E-state index in [-0.39, 0.29) is 5.91 Å². The molecule has 2 aromatic rings. The number of hydrogen-bond acceptors (Lipinski definition) is 2. The van der Waals surface area contributed by atoms with Crippen LogP contribution in [-0.2, 0) is 11.2 Å². The SMILES string of the molecule is Cc1cc(C)c(NC(=O)Cc2ccc(N)cc2)c(Cl)c1. The van der Waals surface area contributed by atoms with Crippen molar-refractivity contribution in [1.29, 1.82) is 0 Å². The van der Waals surface area contributed by atoms with E-state index in [1.807, 2.05) is 38.1 Å². The monoisotopic (exact) mass is 288 g/mol. The van der Waals surface area contributed by atoms with E-state index in [1.165, 1.54) is 0 Å². The average molecular weight is 289 g/mol. The minimum Gasteiger partial charge on any atom is -0.399 e. The molecule has 0 saturated heterocycles. The second-order valence-corrected chi connectivity index (χ2v) is 5.31. The molecule has 0 unspecified atom stereocenters. The standard InChI is InChI=1S/C16H17ClN2O/c1-10-7-11(2)16(14(17)8-10)19-15(20)9-12-3-5-13(18)6-4-12/h3-8H,9,18H2,1-2H3,(H,19,20). The first-order valence-electron chi connectivity index (χ1n) is 6.36. The van der Waals surface area contributed by atoms with E-state index in [1.54, 1.807) is 12.1 Å². The van der Waals surface area contributed by atoms with Gasteiger partial charge >= 0.3 is 0 Å². The van der Waals surface area contributed by atoms with Crippen LogP contribution in [0.4, 0.5) is 11.4 Å². The number of carbonyl (C=O) groups is 1. The van der Waals surface area contributed by atoms with E-state index < -0.39 is 0 Å². The van der Waals surface area contributed by atoms with Crippen molar-refractivity contribution in [3.05, 3.63) is 58.1 Å². The second-order valence-electron chi connectivity index (χ2n) is 4.91. The van der Waals surface area contributed by atoms with Crippen molar-refractivity contribution in [3.8, 4) is 0 Å². The van der Waals surface area contributed by atoms with Crippen LogP contribution in [0.15, 0.2) is 36.4 Å². The number of anilines is 2. The van der Waals surface area contributed by atoms with Gasteiger partial charge in [0.05, 0.1) is 17.1 Å². The molecule has 0 aromatic heterocycles. The van der Waals surface area contributed by atoms with Crippen LogP contribution >= 0.6 is 11.6 Å². The van der Waals surface area contributed by atoms with Crippen LogP contribution in [0.5, 0.6) is 0 Å². The van der Waals surface area contributed by atoms with Gasteiger partial charge < -0.3 is 11.1 Å². The first-order chi connectivity index (χ1) is 9.45. The summed E-state index contributed by atoms with van der Waals surface area (Å²) in [4.78, 5) is 12.1. The van der Waals surface area contributed by atoms with Crippen LogP contribution in [0.2, 0.25) is 5.02 Å². The average Bonchev–Trinajstić information content (AvgIpc) is 2.36. The van der Waals surface area contributed by atoms with E-state index >= 15 is 0 Å². The number of hydrogen-bond donors (Lipinski definition) is 2. The number of nitrogens with one attached hydrogen (secondary N) is 1. The number of carbonyl (C=O) groups excluding carboxylic acids is 1. The zero-order valence-corrected chi connectivity index (χ0v) is 12.3. The topological polar surface area (TPSA) is 55.1 Å². The maximum Gasteiger partial charge on any atom is 0.228 e. The first-order valence-corrected chi connectivity index (χ1v) is 6.74. The van der Waals surface area contributed by atoms with Crippen molar-refractivity contribution in [2.75, 3.05) is 11.1 Å². The van der Waals surface area contributed by atoms with E-state index in [0.717, 1.165) is 16.7 Å². The molecule has 2 aromatic carbocycles. The number of nitrogen functional groups attached to an aromatic ring is 1. The Kier molecular flexibility index (Phi) is 4.30. The molecule has 0 radical (unpaired) electrons. The molecule has 0 heterocycles. The van der Waals surface area contributed by atoms with Crippen LogP contribution in [-0.4, -0.2) is 5.91 Å². The minimum absolute atomic E-state index is 0.0939. The third-order valence-electron chi connectivity index (χ3n) is 3.04. The van der Waals surface area contributed by atoms with Crippen LogP contribution in [0, 0.1) is 13.8 Å². The Balaban J connectivity index is 2.10. The summed E-state index contributed by atoms with van der Waals surface area (Å²) in [5.74, 6) is -0.0939. The van der Waals surface area contributed by atoms with Crippen molar-refractivity contribution in [1.82, 2.24) is 0 Å². The van der Waals surface area contributed by atoms with Crippen LogP contribution in [0.3, 0.4) is 0 Å². The summed E-state index contributed by atoms with van der Waals surface area (Å²) < 4.78 is 0. The third-order valence-corrected chi connectivity index (χ3v) is 3.34. The fourth-order valence-corrected chi connectivity index (χ4v) is 2.45. The smallest absolute Gasteiger partial charge is 0.228 e. The summed E-state index contributed by atoms with van der Waals surface area (Å²) in [7, 11) is 0. The molecule has 104 valence electrons. The molecule has 0 spiro atoms. The van der Waals surface area contributed by atoms with E-state index in [4.69, 9.17) is 17.3 Å². The fraction of sp³-hybridized carbons (Fsp3) is 0.188. The maximum absolute atomic E-state index is 12.1. The number of benzene rings is 2. The van der Waals surface area contributed by atoms with Crippen LogP contribution in [0.1, 0.15) is 16.7 Å². The molecule has 0 aliphatic rings. The molecule has 3 nitrogen and oxygen atoms in total. The predicted octanol–water partition coefficient (Wildman–Crippen LogP) is 3.72. The highest BCUT2D eigenvalue weighted by atomic mass is 35.5. The summed E-state index contributed by atoms with van der Waals surface area (Å²) in [5.41, 5.74) is 9.93.